The van der Waals surface area contributed by atoms with Gasteiger partial charge in [0.15, 0.2) is 0 Å². The van der Waals surface area contributed by atoms with E-state index >= 15 is 0 Å². The minimum Gasteiger partial charge on any atom is -0.466 e. The van der Waals surface area contributed by atoms with Gasteiger partial charge in [0, 0.05) is 32.9 Å². The highest BCUT2D eigenvalue weighted by Crippen LogP contribution is 2.07. The number of nitrogens with zero attached hydrogens (tertiary/aromatic N) is 3. The van der Waals surface area contributed by atoms with Gasteiger partial charge in [0.25, 0.3) is 0 Å². The summed E-state index contributed by atoms with van der Waals surface area (Å²) in [6, 6.07) is 0. The Kier molecular flexibility index (Phi) is 12.0. The molecule has 0 N–H and O–H groups in total. The third kappa shape index (κ3) is 8.83. The maximum Gasteiger partial charge on any atom is 0.346 e. The SMILES string of the molecule is CCCCCCC(=O)CCn1c(=O)n(C)c(=O)n1CCCCCCC(=O)OCC. The topological polar surface area (TPSA) is 92.3 Å². The molecule has 29 heavy (non-hydrogen) atoms. The third-order valence-electron chi connectivity index (χ3n) is 5.02. The molecule has 1 heterocycles. The summed E-state index contributed by atoms with van der Waals surface area (Å²) in [5.41, 5.74) is -0.729. The number of hydrogen-bond acceptors (Lipinski definition) is 5. The average Bonchev–Trinajstić information content (AvgIpc) is 2.90. The first-order valence-corrected chi connectivity index (χ1v) is 11.0. The van der Waals surface area contributed by atoms with Crippen molar-refractivity contribution < 1.29 is 14.3 Å². The molecule has 0 fully saturated rings. The van der Waals surface area contributed by atoms with Crippen molar-refractivity contribution >= 4 is 11.8 Å². The van der Waals surface area contributed by atoms with Gasteiger partial charge >= 0.3 is 17.3 Å². The highest BCUT2D eigenvalue weighted by molar-refractivity contribution is 5.78. The number of esters is 1. The Morgan fingerprint density at radius 2 is 1.34 bits per heavy atom. The molecule has 0 aliphatic rings. The van der Waals surface area contributed by atoms with Crippen LogP contribution in [0.5, 0.6) is 0 Å². The smallest absolute Gasteiger partial charge is 0.346 e. The summed E-state index contributed by atoms with van der Waals surface area (Å²) in [5.74, 6) is -0.0465. The first-order valence-electron chi connectivity index (χ1n) is 11.0. The van der Waals surface area contributed by atoms with Crippen molar-refractivity contribution in [1.82, 2.24) is 13.9 Å². The summed E-state index contributed by atoms with van der Waals surface area (Å²) in [6.45, 7) is 4.98. The van der Waals surface area contributed by atoms with Gasteiger partial charge in [-0.05, 0) is 26.2 Å². The molecule has 0 saturated heterocycles. The summed E-state index contributed by atoms with van der Waals surface area (Å²) in [6.07, 6.45) is 8.60. The Balaban J connectivity index is 2.49. The van der Waals surface area contributed by atoms with E-state index in [9.17, 15) is 19.2 Å². The van der Waals surface area contributed by atoms with Gasteiger partial charge in [-0.3, -0.25) is 9.59 Å². The highest BCUT2D eigenvalue weighted by atomic mass is 16.5. The Morgan fingerprint density at radius 3 is 2.00 bits per heavy atom. The summed E-state index contributed by atoms with van der Waals surface area (Å²) < 4.78 is 8.82. The molecule has 8 heteroatoms. The van der Waals surface area contributed by atoms with Crippen LogP contribution in [0.15, 0.2) is 9.59 Å². The first kappa shape index (κ1) is 24.9. The van der Waals surface area contributed by atoms with Gasteiger partial charge in [-0.1, -0.05) is 39.0 Å². The van der Waals surface area contributed by atoms with E-state index in [4.69, 9.17) is 4.74 Å². The van der Waals surface area contributed by atoms with Gasteiger partial charge in [-0.15, -0.1) is 0 Å². The Hall–Kier alpha value is -2.12. The molecule has 1 aromatic rings. The van der Waals surface area contributed by atoms with E-state index in [0.29, 0.717) is 26.0 Å². The van der Waals surface area contributed by atoms with Crippen molar-refractivity contribution in [2.45, 2.75) is 97.6 Å². The van der Waals surface area contributed by atoms with Crippen LogP contribution < -0.4 is 11.4 Å². The number of ketones is 1. The summed E-state index contributed by atoms with van der Waals surface area (Å²) >= 11 is 0. The first-order chi connectivity index (χ1) is 13.9. The second kappa shape index (κ2) is 14.0. The lowest BCUT2D eigenvalue weighted by molar-refractivity contribution is -0.143. The molecule has 0 unspecified atom stereocenters. The van der Waals surface area contributed by atoms with Crippen LogP contribution in [-0.4, -0.2) is 32.3 Å². The molecule has 166 valence electrons. The third-order valence-corrected chi connectivity index (χ3v) is 5.02. The minimum atomic E-state index is -0.379. The van der Waals surface area contributed by atoms with E-state index in [-0.39, 0.29) is 36.1 Å². The molecule has 0 bridgehead atoms. The number of rotatable bonds is 16. The minimum absolute atomic E-state index is 0.134. The zero-order valence-corrected chi connectivity index (χ0v) is 18.3. The molecule has 1 aromatic heterocycles. The predicted molar refractivity (Wildman–Crippen MR) is 112 cm³/mol. The normalized spacial score (nSPS) is 11.0. The van der Waals surface area contributed by atoms with Gasteiger partial charge in [0.2, 0.25) is 0 Å². The van der Waals surface area contributed by atoms with Crippen LogP contribution in [0.25, 0.3) is 0 Å². The number of unbranched alkanes of at least 4 members (excludes halogenated alkanes) is 6. The Labute approximate surface area is 172 Å². The number of carbonyl (C=O) groups excluding carboxylic acids is 2. The van der Waals surface area contributed by atoms with E-state index in [1.165, 1.54) is 16.4 Å². The van der Waals surface area contributed by atoms with Gasteiger partial charge in [-0.25, -0.2) is 23.5 Å². The van der Waals surface area contributed by atoms with Crippen LogP contribution in [0.2, 0.25) is 0 Å². The summed E-state index contributed by atoms with van der Waals surface area (Å²) in [7, 11) is 1.46. The molecule has 0 spiro atoms. The monoisotopic (exact) mass is 411 g/mol. The predicted octanol–water partition coefficient (Wildman–Crippen LogP) is 2.79. The van der Waals surface area contributed by atoms with Gasteiger partial charge in [-0.2, -0.15) is 0 Å². The summed E-state index contributed by atoms with van der Waals surface area (Å²) in [4.78, 5) is 48.1. The second-order valence-corrected chi connectivity index (χ2v) is 7.44. The van der Waals surface area contributed by atoms with Crippen molar-refractivity contribution in [1.29, 1.82) is 0 Å². The van der Waals surface area contributed by atoms with Gasteiger partial charge < -0.3 is 4.74 Å². The molecule has 0 aliphatic carbocycles. The largest absolute Gasteiger partial charge is 0.466 e. The van der Waals surface area contributed by atoms with E-state index in [1.54, 1.807) is 6.92 Å². The lowest BCUT2D eigenvalue weighted by Crippen LogP contribution is -2.28. The molecule has 0 atom stereocenters. The fraction of sp³-hybridized carbons (Fsp3) is 0.810. The van der Waals surface area contributed by atoms with Crippen LogP contribution in [0.4, 0.5) is 0 Å². The maximum atomic E-state index is 12.3. The van der Waals surface area contributed by atoms with Gasteiger partial charge in [0.1, 0.15) is 5.78 Å². The molecule has 8 nitrogen and oxygen atoms in total. The second-order valence-electron chi connectivity index (χ2n) is 7.44. The lowest BCUT2D eigenvalue weighted by Gasteiger charge is -2.09. The Bertz CT molecular complexity index is 744. The van der Waals surface area contributed by atoms with Crippen LogP contribution in [0, 0.1) is 0 Å². The molecule has 0 amide bonds. The standard InChI is InChI=1S/C21H37N3O5/c1-4-6-7-10-13-18(25)15-17-24-21(28)22(3)20(27)23(24)16-12-9-8-11-14-19(26)29-5-2/h4-17H2,1-3H3. The fourth-order valence-electron chi connectivity index (χ4n) is 3.29. The van der Waals surface area contributed by atoms with Crippen molar-refractivity contribution in [3.8, 4) is 0 Å². The van der Waals surface area contributed by atoms with Crippen molar-refractivity contribution in [3.63, 3.8) is 0 Å². The number of aromatic nitrogens is 3. The molecule has 1 rings (SSSR count). The van der Waals surface area contributed by atoms with Crippen molar-refractivity contribution in [2.24, 2.45) is 7.05 Å². The number of carbonyl (C=O) groups is 2. The molecular weight excluding hydrogens is 374 g/mol. The number of ether oxygens (including phenoxy) is 1. The van der Waals surface area contributed by atoms with Crippen LogP contribution in [-0.2, 0) is 34.5 Å². The zero-order chi connectivity index (χ0) is 21.6. The van der Waals surface area contributed by atoms with E-state index < -0.39 is 0 Å². The van der Waals surface area contributed by atoms with Crippen LogP contribution >= 0.6 is 0 Å². The van der Waals surface area contributed by atoms with Crippen LogP contribution in [0.1, 0.15) is 84.5 Å². The lowest BCUT2D eigenvalue weighted by atomic mass is 10.1. The molecule has 0 radical (unpaired) electrons. The molecular formula is C21H37N3O5. The molecule has 0 aromatic carbocycles. The van der Waals surface area contributed by atoms with Crippen LogP contribution in [0.3, 0.4) is 0 Å². The van der Waals surface area contributed by atoms with Gasteiger partial charge in [0.05, 0.1) is 13.2 Å². The quantitative estimate of drug-likeness (QED) is 0.308. The van der Waals surface area contributed by atoms with E-state index in [2.05, 4.69) is 6.92 Å². The van der Waals surface area contributed by atoms with Crippen molar-refractivity contribution in [2.75, 3.05) is 6.61 Å². The highest BCUT2D eigenvalue weighted by Gasteiger charge is 2.14. The number of Topliss-reactive ketones (excluding diaryl/α,β-unsaturated/α-hetero) is 1. The fourth-order valence-corrected chi connectivity index (χ4v) is 3.29. The molecule has 0 saturated carbocycles. The Morgan fingerprint density at radius 1 is 0.759 bits per heavy atom. The van der Waals surface area contributed by atoms with E-state index in [0.717, 1.165) is 55.9 Å². The van der Waals surface area contributed by atoms with E-state index in [1.807, 2.05) is 0 Å². The zero-order valence-electron chi connectivity index (χ0n) is 18.3. The maximum absolute atomic E-state index is 12.3. The molecule has 0 aliphatic heterocycles. The van der Waals surface area contributed by atoms with Crippen molar-refractivity contribution in [3.05, 3.63) is 21.0 Å². The number of hydrogen-bond donors (Lipinski definition) is 0. The summed E-state index contributed by atoms with van der Waals surface area (Å²) in [5, 5.41) is 0. The average molecular weight is 412 g/mol.